The molecule has 1 amide bonds. The molecule has 0 radical (unpaired) electrons. The fraction of sp³-hybridized carbons (Fsp3) is 0.174. The summed E-state index contributed by atoms with van der Waals surface area (Å²) in [5.74, 6) is 1.04. The molecule has 2 heterocycles. The zero-order valence-corrected chi connectivity index (χ0v) is 17.2. The molecular weight excluding hydrogens is 396 g/mol. The Kier molecular flexibility index (Phi) is 4.80. The van der Waals surface area contributed by atoms with E-state index in [0.717, 1.165) is 41.2 Å². The molecule has 7 heteroatoms. The summed E-state index contributed by atoms with van der Waals surface area (Å²) in [4.78, 5) is 17.6. The largest absolute Gasteiger partial charge is 0.497 e. The number of anilines is 1. The highest BCUT2D eigenvalue weighted by molar-refractivity contribution is 7.14. The van der Waals surface area contributed by atoms with Crippen molar-refractivity contribution in [3.8, 4) is 22.7 Å². The lowest BCUT2D eigenvalue weighted by molar-refractivity contribution is 0.101. The zero-order chi connectivity index (χ0) is 20.5. The molecule has 0 unspecified atom stereocenters. The molecule has 2 aromatic heterocycles. The van der Waals surface area contributed by atoms with E-state index in [0.29, 0.717) is 16.7 Å². The number of nitrogens with one attached hydrogen (secondary N) is 1. The Morgan fingerprint density at radius 2 is 1.90 bits per heavy atom. The van der Waals surface area contributed by atoms with E-state index in [1.54, 1.807) is 11.8 Å². The van der Waals surface area contributed by atoms with Crippen LogP contribution in [0, 0.1) is 0 Å². The maximum absolute atomic E-state index is 13.1. The number of benzene rings is 2. The number of carbonyl (C=O) groups is 1. The fourth-order valence-corrected chi connectivity index (χ4v) is 4.01. The number of ether oxygens (including phenoxy) is 1. The lowest BCUT2D eigenvalue weighted by Crippen LogP contribution is -2.16. The van der Waals surface area contributed by atoms with Gasteiger partial charge in [0.25, 0.3) is 5.91 Å². The maximum Gasteiger partial charge on any atom is 0.276 e. The van der Waals surface area contributed by atoms with Gasteiger partial charge in [-0.05, 0) is 55.3 Å². The van der Waals surface area contributed by atoms with Crippen molar-refractivity contribution in [2.24, 2.45) is 0 Å². The van der Waals surface area contributed by atoms with Gasteiger partial charge in [0.2, 0.25) is 0 Å². The minimum absolute atomic E-state index is 0.214. The van der Waals surface area contributed by atoms with Crippen LogP contribution in [0.3, 0.4) is 0 Å². The van der Waals surface area contributed by atoms with Crippen LogP contribution in [0.1, 0.15) is 34.9 Å². The third kappa shape index (κ3) is 3.71. The molecule has 2 aromatic carbocycles. The van der Waals surface area contributed by atoms with E-state index in [2.05, 4.69) is 10.3 Å². The molecule has 0 saturated heterocycles. The summed E-state index contributed by atoms with van der Waals surface area (Å²) in [5.41, 5.74) is 4.14. The zero-order valence-electron chi connectivity index (χ0n) is 16.4. The summed E-state index contributed by atoms with van der Waals surface area (Å²) in [6.45, 7) is 0. The van der Waals surface area contributed by atoms with Crippen molar-refractivity contribution in [2.75, 3.05) is 12.4 Å². The Labute approximate surface area is 178 Å². The molecule has 4 aromatic rings. The third-order valence-electron chi connectivity index (χ3n) is 5.07. The van der Waals surface area contributed by atoms with Crippen LogP contribution in [0.15, 0.2) is 66.0 Å². The van der Waals surface area contributed by atoms with Gasteiger partial charge in [0.15, 0.2) is 5.13 Å². The number of rotatable bonds is 6. The first-order valence-electron chi connectivity index (χ1n) is 9.78. The van der Waals surface area contributed by atoms with Crippen molar-refractivity contribution < 1.29 is 9.53 Å². The van der Waals surface area contributed by atoms with E-state index in [1.165, 1.54) is 11.3 Å². The SMILES string of the molecule is COc1ccc(-c2csc(NC(=O)c3cc(C4CC4)nn3-c3ccccc3)n2)cc1. The van der Waals surface area contributed by atoms with Crippen LogP contribution in [0.5, 0.6) is 5.75 Å². The molecule has 6 nitrogen and oxygen atoms in total. The van der Waals surface area contributed by atoms with E-state index >= 15 is 0 Å². The molecule has 30 heavy (non-hydrogen) atoms. The number of thiazole rings is 1. The van der Waals surface area contributed by atoms with Gasteiger partial charge in [-0.25, -0.2) is 9.67 Å². The van der Waals surface area contributed by atoms with Gasteiger partial charge in [-0.15, -0.1) is 11.3 Å². The number of para-hydroxylation sites is 1. The van der Waals surface area contributed by atoms with Gasteiger partial charge in [-0.2, -0.15) is 5.10 Å². The second kappa shape index (κ2) is 7.76. The van der Waals surface area contributed by atoms with Crippen molar-refractivity contribution in [3.63, 3.8) is 0 Å². The Morgan fingerprint density at radius 1 is 1.13 bits per heavy atom. The van der Waals surface area contributed by atoms with E-state index in [9.17, 15) is 4.79 Å². The first-order chi connectivity index (χ1) is 14.7. The van der Waals surface area contributed by atoms with Crippen LogP contribution in [-0.4, -0.2) is 27.8 Å². The van der Waals surface area contributed by atoms with E-state index in [1.807, 2.05) is 66.0 Å². The van der Waals surface area contributed by atoms with Gasteiger partial charge in [-0.1, -0.05) is 18.2 Å². The Hall–Kier alpha value is -3.45. The van der Waals surface area contributed by atoms with Gasteiger partial charge < -0.3 is 4.74 Å². The average molecular weight is 417 g/mol. The highest BCUT2D eigenvalue weighted by Crippen LogP contribution is 2.40. The lowest BCUT2D eigenvalue weighted by atomic mass is 10.2. The molecule has 1 fully saturated rings. The quantitative estimate of drug-likeness (QED) is 0.473. The van der Waals surface area contributed by atoms with Crippen molar-refractivity contribution in [3.05, 3.63) is 77.4 Å². The van der Waals surface area contributed by atoms with Gasteiger partial charge in [0.1, 0.15) is 11.4 Å². The predicted octanol–water partition coefficient (Wildman–Crippen LogP) is 5.13. The molecule has 0 aliphatic heterocycles. The number of amides is 1. The second-order valence-corrected chi connectivity index (χ2v) is 8.05. The van der Waals surface area contributed by atoms with Crippen molar-refractivity contribution >= 4 is 22.4 Å². The van der Waals surface area contributed by atoms with Crippen LogP contribution in [-0.2, 0) is 0 Å². The molecule has 1 saturated carbocycles. The molecule has 0 spiro atoms. The Bertz CT molecular complexity index is 1180. The smallest absolute Gasteiger partial charge is 0.276 e. The minimum atomic E-state index is -0.214. The standard InChI is InChI=1S/C23H20N4O2S/c1-29-18-11-9-16(10-12-18)20-14-30-23(24-20)25-22(28)21-13-19(15-7-8-15)26-27(21)17-5-3-2-4-6-17/h2-6,9-15H,7-8H2,1H3,(H,24,25,28). The van der Waals surface area contributed by atoms with Crippen molar-refractivity contribution in [1.82, 2.24) is 14.8 Å². The lowest BCUT2D eigenvalue weighted by Gasteiger charge is -2.06. The molecule has 0 atom stereocenters. The maximum atomic E-state index is 13.1. The summed E-state index contributed by atoms with van der Waals surface area (Å²) >= 11 is 1.40. The molecule has 1 aliphatic rings. The highest BCUT2D eigenvalue weighted by atomic mass is 32.1. The summed E-state index contributed by atoms with van der Waals surface area (Å²) in [6, 6.07) is 19.3. The van der Waals surface area contributed by atoms with Crippen molar-refractivity contribution in [1.29, 1.82) is 0 Å². The summed E-state index contributed by atoms with van der Waals surface area (Å²) in [6.07, 6.45) is 2.26. The van der Waals surface area contributed by atoms with E-state index in [-0.39, 0.29) is 5.91 Å². The predicted molar refractivity (Wildman–Crippen MR) is 118 cm³/mol. The normalized spacial score (nSPS) is 13.2. The van der Waals surface area contributed by atoms with Gasteiger partial charge in [-0.3, -0.25) is 10.1 Å². The summed E-state index contributed by atoms with van der Waals surface area (Å²) < 4.78 is 6.92. The third-order valence-corrected chi connectivity index (χ3v) is 5.83. The molecule has 1 N–H and O–H groups in total. The van der Waals surface area contributed by atoms with Crippen LogP contribution >= 0.6 is 11.3 Å². The Balaban J connectivity index is 1.40. The summed E-state index contributed by atoms with van der Waals surface area (Å²) in [5, 5.41) is 10.1. The first kappa shape index (κ1) is 18.6. The van der Waals surface area contributed by atoms with Gasteiger partial charge in [0.05, 0.1) is 24.2 Å². The second-order valence-electron chi connectivity index (χ2n) is 7.20. The highest BCUT2D eigenvalue weighted by Gasteiger charge is 2.29. The van der Waals surface area contributed by atoms with E-state index < -0.39 is 0 Å². The van der Waals surface area contributed by atoms with Crippen LogP contribution < -0.4 is 10.1 Å². The van der Waals surface area contributed by atoms with E-state index in [4.69, 9.17) is 9.84 Å². The number of hydrogen-bond acceptors (Lipinski definition) is 5. The average Bonchev–Trinajstić information content (AvgIpc) is 3.37. The monoisotopic (exact) mass is 416 g/mol. The summed E-state index contributed by atoms with van der Waals surface area (Å²) in [7, 11) is 1.64. The number of carbonyl (C=O) groups excluding carboxylic acids is 1. The minimum Gasteiger partial charge on any atom is -0.497 e. The van der Waals surface area contributed by atoms with Gasteiger partial charge in [0, 0.05) is 16.9 Å². The molecule has 150 valence electrons. The first-order valence-corrected chi connectivity index (χ1v) is 10.7. The molecule has 0 bridgehead atoms. The van der Waals surface area contributed by atoms with Crippen LogP contribution in [0.2, 0.25) is 0 Å². The number of hydrogen-bond donors (Lipinski definition) is 1. The topological polar surface area (TPSA) is 69.0 Å². The van der Waals surface area contributed by atoms with Crippen LogP contribution in [0.4, 0.5) is 5.13 Å². The number of nitrogens with zero attached hydrogens (tertiary/aromatic N) is 3. The Morgan fingerprint density at radius 3 is 2.60 bits per heavy atom. The molecule has 1 aliphatic carbocycles. The van der Waals surface area contributed by atoms with Crippen molar-refractivity contribution in [2.45, 2.75) is 18.8 Å². The molecular formula is C23H20N4O2S. The fourth-order valence-electron chi connectivity index (χ4n) is 3.29. The number of methoxy groups -OCH3 is 1. The van der Waals surface area contributed by atoms with Gasteiger partial charge >= 0.3 is 0 Å². The van der Waals surface area contributed by atoms with Crippen LogP contribution in [0.25, 0.3) is 16.9 Å². The number of aromatic nitrogens is 3. The molecule has 5 rings (SSSR count).